The second-order valence-electron chi connectivity index (χ2n) is 35.8. The number of benzene rings is 8. The molecule has 12 atom stereocenters. The fourth-order valence-corrected chi connectivity index (χ4v) is 18.6. The minimum absolute atomic E-state index is 0.0406. The zero-order chi connectivity index (χ0) is 97.1. The quantitative estimate of drug-likeness (QED) is 0.0148. The molecular weight excluding hydrogens is 1750 g/mol. The first-order valence-electron chi connectivity index (χ1n) is 45.8. The number of phenols is 4. The van der Waals surface area contributed by atoms with Crippen LogP contribution in [0.3, 0.4) is 0 Å². The van der Waals surface area contributed by atoms with Gasteiger partial charge in [0.15, 0.2) is 34.7 Å². The van der Waals surface area contributed by atoms with E-state index in [2.05, 4.69) is 21.3 Å². The number of fused-ring (bicyclic) bond motifs is 10. The van der Waals surface area contributed by atoms with E-state index in [1.54, 1.807) is 100 Å². The number of amides is 8. The number of rotatable bonds is 30. The molecule has 0 unspecified atom stereocenters. The van der Waals surface area contributed by atoms with Crippen LogP contribution in [0.1, 0.15) is 185 Å². The molecule has 2 saturated heterocycles. The first-order chi connectivity index (χ1) is 64.0. The van der Waals surface area contributed by atoms with E-state index in [1.165, 1.54) is 96.3 Å². The summed E-state index contributed by atoms with van der Waals surface area (Å²) in [6.07, 6.45) is 3.60. The molecule has 4 heterocycles. The van der Waals surface area contributed by atoms with E-state index in [0.29, 0.717) is 134 Å². The first kappa shape index (κ1) is 102. The number of hydrogen-bond acceptors (Lipinski definition) is 20. The minimum Gasteiger partial charge on any atom is -0.507 e. The molecule has 28 nitrogen and oxygen atoms in total. The number of hydrogen-bond donors (Lipinski definition) is 10. The van der Waals surface area contributed by atoms with Gasteiger partial charge in [-0.1, -0.05) is 161 Å². The van der Waals surface area contributed by atoms with Crippen LogP contribution >= 0.6 is 23.2 Å². The highest BCUT2D eigenvalue weighted by molar-refractivity contribution is 6.31. The van der Waals surface area contributed by atoms with Gasteiger partial charge in [-0.3, -0.25) is 67.1 Å². The summed E-state index contributed by atoms with van der Waals surface area (Å²) in [4.78, 5) is 201. The average molecular weight is 1870 g/mol. The summed E-state index contributed by atoms with van der Waals surface area (Å²) >= 11 is 12.1. The van der Waals surface area contributed by atoms with Crippen LogP contribution in [0, 0.1) is 35.5 Å². The summed E-state index contributed by atoms with van der Waals surface area (Å²) in [7, 11) is 5.95. The Morgan fingerprint density at radius 2 is 0.761 bits per heavy atom. The Balaban J connectivity index is 0.000000258. The number of ketones is 6. The second kappa shape index (κ2) is 46.7. The Morgan fingerprint density at radius 1 is 0.440 bits per heavy atom. The molecule has 8 aromatic rings. The van der Waals surface area contributed by atoms with Crippen molar-refractivity contribution in [1.29, 1.82) is 0 Å². The lowest BCUT2D eigenvalue weighted by atomic mass is 9.87. The van der Waals surface area contributed by atoms with Crippen molar-refractivity contribution in [2.24, 2.45) is 47.0 Å². The third kappa shape index (κ3) is 25.2. The van der Waals surface area contributed by atoms with Gasteiger partial charge < -0.3 is 72.8 Å². The van der Waals surface area contributed by atoms with Crippen LogP contribution in [0.25, 0.3) is 44.5 Å². The summed E-state index contributed by atoms with van der Waals surface area (Å²) in [5.41, 5.74) is 18.4. The highest BCUT2D eigenvalue weighted by Crippen LogP contribution is 2.43. The van der Waals surface area contributed by atoms with Crippen LogP contribution < -0.4 is 32.7 Å². The average Bonchev–Trinajstić information content (AvgIpc) is 1.18. The lowest BCUT2D eigenvalue weighted by Gasteiger charge is -2.32. The van der Waals surface area contributed by atoms with Gasteiger partial charge in [-0.05, 0) is 195 Å². The number of carbonyl (C=O) groups is 14. The first-order valence-corrected chi connectivity index (χ1v) is 46.5. The second-order valence-corrected chi connectivity index (χ2v) is 36.6. The Labute approximate surface area is 790 Å². The van der Waals surface area contributed by atoms with Gasteiger partial charge in [0.05, 0.1) is 12.1 Å². The van der Waals surface area contributed by atoms with Gasteiger partial charge in [-0.15, -0.1) is 0 Å². The van der Waals surface area contributed by atoms with Crippen LogP contribution in [0.15, 0.2) is 170 Å². The highest BCUT2D eigenvalue weighted by atomic mass is 35.5. The number of nitrogens with two attached hydrogens (primary N) is 2. The van der Waals surface area contributed by atoms with Crippen molar-refractivity contribution in [1.82, 2.24) is 40.9 Å². The molecule has 0 saturated carbocycles. The molecule has 12 rings (SSSR count). The summed E-state index contributed by atoms with van der Waals surface area (Å²) in [5.74, 6) is -12.1. The number of halogens is 2. The van der Waals surface area contributed by atoms with E-state index >= 15 is 0 Å². The van der Waals surface area contributed by atoms with Gasteiger partial charge in [-0.2, -0.15) is 0 Å². The molecule has 0 aromatic heterocycles. The molecule has 8 aromatic carbocycles. The molecule has 4 aliphatic rings. The number of aromatic hydroxyl groups is 4. The van der Waals surface area contributed by atoms with Crippen molar-refractivity contribution in [3.05, 3.63) is 213 Å². The number of Topliss-reactive ketones (excluding diaryl/α,β-unsaturated/α-hetero) is 6. The number of likely N-dealkylation sites (tertiary alicyclic amines) is 2. The Morgan fingerprint density at radius 3 is 1.09 bits per heavy atom. The van der Waals surface area contributed by atoms with E-state index in [-0.39, 0.29) is 132 Å². The van der Waals surface area contributed by atoms with E-state index in [4.69, 9.17) is 34.7 Å². The molecule has 134 heavy (non-hydrogen) atoms. The molecule has 8 bridgehead atoms. The maximum atomic E-state index is 14.7. The third-order valence-electron chi connectivity index (χ3n) is 26.0. The largest absolute Gasteiger partial charge is 0.507 e. The smallest absolute Gasteiger partial charge is 0.242 e. The van der Waals surface area contributed by atoms with Crippen molar-refractivity contribution in [3.8, 4) is 67.5 Å². The number of likely N-dealkylation sites (N-methyl/N-ethyl adjacent to an activating group) is 4. The van der Waals surface area contributed by atoms with E-state index in [9.17, 15) is 87.5 Å². The molecule has 30 heteroatoms. The van der Waals surface area contributed by atoms with Crippen molar-refractivity contribution < 1.29 is 87.5 Å². The number of nitrogens with one attached hydrogen (secondary N) is 4. The van der Waals surface area contributed by atoms with Crippen LogP contribution in [-0.4, -0.2) is 201 Å². The van der Waals surface area contributed by atoms with E-state index in [0.717, 1.165) is 22.3 Å². The van der Waals surface area contributed by atoms with Gasteiger partial charge in [0.2, 0.25) is 47.3 Å². The summed E-state index contributed by atoms with van der Waals surface area (Å²) < 4.78 is 0. The number of carbonyl (C=O) groups excluding carboxylic acids is 14. The molecule has 4 aliphatic heterocycles. The highest BCUT2D eigenvalue weighted by Gasteiger charge is 2.43. The number of unbranched alkanes of at least 4 members (excludes halogenated alkanes) is 2. The van der Waals surface area contributed by atoms with E-state index in [1.807, 2.05) is 48.5 Å². The predicted molar refractivity (Wildman–Crippen MR) is 510 cm³/mol. The predicted octanol–water partition coefficient (Wildman–Crippen LogP) is 13.1. The molecular formula is C104H120Cl2N10O18. The fourth-order valence-electron chi connectivity index (χ4n) is 18.3. The number of phenolic OH excluding ortho intramolecular Hbond substituents is 4. The standard InChI is InChI=1S/2C52H60ClN5O9/c2*1-30-24-47(63)48(57(4)52(67)37(8-5-6-22-54)29-45(61)35-13-11-33(12-14-35)34-15-18-38(53)19-16-34)36-17-21-44(60)40(28-36)39-26-32(10-20-43(39)59)27-41(56-49(30)64)46(62)25-31(2)51(66)58-23-7-9-42(58)50(65)55-3/h2*10-21,26,28,30-31,37,41-42,48,59-60H,5-9,22-25,27,29,54H2,1-4H3,(H,55,65)(H,56,64)/t2*30-,31-,37-,41+,42+,48+/m11/s1. The minimum atomic E-state index is -1.30. The fraction of sp³-hybridized carbons (Fsp3) is 0.404. The van der Waals surface area contributed by atoms with Crippen molar-refractivity contribution in [2.75, 3.05) is 54.4 Å². The molecule has 0 radical (unpaired) electrons. The molecule has 2 fully saturated rings. The van der Waals surface area contributed by atoms with Crippen LogP contribution in [-0.2, 0) is 70.4 Å². The summed E-state index contributed by atoms with van der Waals surface area (Å²) in [6.45, 7) is 7.82. The maximum Gasteiger partial charge on any atom is 0.242 e. The third-order valence-corrected chi connectivity index (χ3v) is 26.5. The summed E-state index contributed by atoms with van der Waals surface area (Å²) in [6, 6.07) is 40.6. The maximum absolute atomic E-state index is 14.7. The zero-order valence-electron chi connectivity index (χ0n) is 76.9. The van der Waals surface area contributed by atoms with Crippen LogP contribution in [0.5, 0.6) is 23.0 Å². The van der Waals surface area contributed by atoms with Crippen molar-refractivity contribution in [2.45, 2.75) is 180 Å². The Kier molecular flexibility index (Phi) is 35.5. The van der Waals surface area contributed by atoms with Crippen molar-refractivity contribution in [3.63, 3.8) is 0 Å². The topological polar surface area (TPSA) is 433 Å². The lowest BCUT2D eigenvalue weighted by molar-refractivity contribution is -0.143. The van der Waals surface area contributed by atoms with Gasteiger partial charge >= 0.3 is 0 Å². The van der Waals surface area contributed by atoms with Gasteiger partial charge in [0, 0.05) is 159 Å². The Hall–Kier alpha value is -12.8. The normalized spacial score (nSPS) is 19.4. The van der Waals surface area contributed by atoms with Crippen molar-refractivity contribution >= 4 is 105 Å². The monoisotopic (exact) mass is 1870 g/mol. The van der Waals surface area contributed by atoms with Gasteiger partial charge in [-0.25, -0.2) is 0 Å². The molecule has 8 amide bonds. The van der Waals surface area contributed by atoms with Crippen LogP contribution in [0.4, 0.5) is 0 Å². The number of nitrogens with zero attached hydrogens (tertiary/aromatic N) is 4. The van der Waals surface area contributed by atoms with Gasteiger partial charge in [0.1, 0.15) is 47.2 Å². The van der Waals surface area contributed by atoms with Crippen LogP contribution in [0.2, 0.25) is 10.0 Å². The molecule has 0 spiro atoms. The molecule has 12 N–H and O–H groups in total. The molecule has 708 valence electrons. The van der Waals surface area contributed by atoms with E-state index < -0.39 is 119 Å². The Bertz CT molecular complexity index is 5330. The van der Waals surface area contributed by atoms with Gasteiger partial charge in [0.25, 0.3) is 0 Å². The SMILES string of the molecule is CNC(=O)[C@@H]1CCCN1C(=O)[C@H](C)CC(=O)[C@@H]1Cc2ccc(O)c(c2)-c2cc(ccc2O)[C@H](N(C)C(=O)[C@H](CCCCN)CC(=O)c2ccc(-c3ccc(Cl)cc3)cc2)C(=O)C[C@@H](C)C(=O)N1.CNC(=O)[C@@H]1CCCN1C(=O)[C@H](C)CC(=O)[C@@H]1Cc2ccc(O)c(c2)-c2cc(ccc2O)[C@H](N(C)C(=O)[C@H](CCCCN)CC(=O)c2ccc(-c3ccc(Cl)cc3)cc2)C(=O)C[C@@H](C)C(=O)N1. The zero-order valence-corrected chi connectivity index (χ0v) is 78.4. The lowest BCUT2D eigenvalue weighted by Crippen LogP contribution is -2.48. The summed E-state index contributed by atoms with van der Waals surface area (Å²) in [5, 5.41) is 56.9. The molecule has 0 aliphatic carbocycles.